The second-order valence-electron chi connectivity index (χ2n) is 4.64. The quantitative estimate of drug-likeness (QED) is 0.518. The van der Waals surface area contributed by atoms with Crippen molar-refractivity contribution < 1.29 is 30.6 Å². The zero-order chi connectivity index (χ0) is 16.0. The summed E-state index contributed by atoms with van der Waals surface area (Å²) in [6, 6.07) is 28.3. The van der Waals surface area contributed by atoms with Crippen molar-refractivity contribution in [2.24, 2.45) is 0 Å². The molecule has 3 nitrogen and oxygen atoms in total. The molecule has 0 N–H and O–H groups in total. The van der Waals surface area contributed by atoms with Gasteiger partial charge < -0.3 is 17.0 Å². The van der Waals surface area contributed by atoms with Gasteiger partial charge in [0.1, 0.15) is 0 Å². The molecule has 0 spiro atoms. The minimum Gasteiger partial charge on any atom is -1.00 e. The van der Waals surface area contributed by atoms with Crippen LogP contribution in [0.4, 0.5) is 0 Å². The monoisotopic (exact) mass is 468 g/mol. The van der Waals surface area contributed by atoms with Crippen molar-refractivity contribution in [2.45, 2.75) is 0 Å². The number of benzene rings is 3. The Kier molecular flexibility index (Phi) is 7.10. The van der Waals surface area contributed by atoms with Crippen LogP contribution in [0.25, 0.3) is 0 Å². The van der Waals surface area contributed by atoms with Gasteiger partial charge in [0.15, 0.2) is 17.2 Å². The maximum absolute atomic E-state index is 5.99. The predicted molar refractivity (Wildman–Crippen MR) is 97.1 cm³/mol. The van der Waals surface area contributed by atoms with E-state index in [4.69, 9.17) is 13.6 Å². The molecule has 0 heterocycles. The van der Waals surface area contributed by atoms with Crippen LogP contribution in [0.3, 0.4) is 0 Å². The number of halogens is 2. The lowest BCUT2D eigenvalue weighted by atomic mass is 10.3. The van der Waals surface area contributed by atoms with Gasteiger partial charge in [-0.25, -0.2) is 0 Å². The standard InChI is InChI=1S/C18H15BrO3P.BrH/c19-23(20-16-10-4-1-5-11-16,21-17-12-6-2-7-13-17)22-18-14-8-3-9-15-18;/h1-15H;1H/q+1;/p-1. The fraction of sp³-hybridized carbons (Fsp3) is 0. The third kappa shape index (κ3) is 5.52. The summed E-state index contributed by atoms with van der Waals surface area (Å²) in [6.07, 6.45) is 0. The third-order valence-electron chi connectivity index (χ3n) is 2.87. The molecular weight excluding hydrogens is 455 g/mol. The topological polar surface area (TPSA) is 27.7 Å². The van der Waals surface area contributed by atoms with Gasteiger partial charge in [0.2, 0.25) is 0 Å². The first-order valence-corrected chi connectivity index (χ1v) is 10.6. The van der Waals surface area contributed by atoms with E-state index in [1.807, 2.05) is 91.0 Å². The van der Waals surface area contributed by atoms with Crippen LogP contribution < -0.4 is 30.6 Å². The first-order valence-electron chi connectivity index (χ1n) is 7.06. The van der Waals surface area contributed by atoms with E-state index in [1.165, 1.54) is 0 Å². The fourth-order valence-electron chi connectivity index (χ4n) is 1.88. The van der Waals surface area contributed by atoms with E-state index < -0.39 is 6.65 Å². The zero-order valence-corrected chi connectivity index (χ0v) is 16.7. The van der Waals surface area contributed by atoms with Gasteiger partial charge in [-0.05, 0) is 36.4 Å². The number of hydrogen-bond donors (Lipinski definition) is 0. The molecule has 3 aromatic carbocycles. The van der Waals surface area contributed by atoms with Gasteiger partial charge in [0.25, 0.3) is 15.5 Å². The van der Waals surface area contributed by atoms with E-state index in [-0.39, 0.29) is 17.0 Å². The van der Waals surface area contributed by atoms with Crippen LogP contribution in [0.5, 0.6) is 17.2 Å². The maximum Gasteiger partial charge on any atom is 0.620 e. The summed E-state index contributed by atoms with van der Waals surface area (Å²) in [6.45, 7) is -2.82. The highest BCUT2D eigenvalue weighted by atomic mass is 79.9. The second-order valence-corrected chi connectivity index (χ2v) is 8.66. The summed E-state index contributed by atoms with van der Waals surface area (Å²) < 4.78 is 18.0. The molecular formula is C18H15Br2O3P. The normalized spacial score (nSPS) is 10.4. The van der Waals surface area contributed by atoms with E-state index in [0.717, 1.165) is 0 Å². The summed E-state index contributed by atoms with van der Waals surface area (Å²) in [5.74, 6) is 2.01. The minimum atomic E-state index is -2.82. The Morgan fingerprint density at radius 1 is 0.500 bits per heavy atom. The van der Waals surface area contributed by atoms with Crippen LogP contribution >= 0.6 is 22.1 Å². The van der Waals surface area contributed by atoms with E-state index >= 15 is 0 Å². The van der Waals surface area contributed by atoms with E-state index in [0.29, 0.717) is 17.2 Å². The highest BCUT2D eigenvalue weighted by Gasteiger charge is 2.48. The summed E-state index contributed by atoms with van der Waals surface area (Å²) in [5, 5.41) is 0. The van der Waals surface area contributed by atoms with Crippen molar-refractivity contribution in [1.29, 1.82) is 0 Å². The van der Waals surface area contributed by atoms with Crippen LogP contribution in [0.15, 0.2) is 91.0 Å². The van der Waals surface area contributed by atoms with E-state index in [9.17, 15) is 0 Å². The fourth-order valence-corrected chi connectivity index (χ4v) is 4.61. The average Bonchev–Trinajstić information content (AvgIpc) is 2.57. The minimum absolute atomic E-state index is 0. The molecule has 3 aromatic rings. The van der Waals surface area contributed by atoms with Crippen molar-refractivity contribution in [3.63, 3.8) is 0 Å². The zero-order valence-electron chi connectivity index (χ0n) is 12.6. The summed E-state index contributed by atoms with van der Waals surface area (Å²) >= 11 is 3.54. The lowest BCUT2D eigenvalue weighted by Crippen LogP contribution is -3.00. The van der Waals surface area contributed by atoms with Crippen LogP contribution in [0.1, 0.15) is 0 Å². The molecule has 6 heteroatoms. The van der Waals surface area contributed by atoms with Crippen molar-refractivity contribution in [1.82, 2.24) is 0 Å². The van der Waals surface area contributed by atoms with Gasteiger partial charge in [0, 0.05) is 0 Å². The summed E-state index contributed by atoms with van der Waals surface area (Å²) in [4.78, 5) is 0. The van der Waals surface area contributed by atoms with Crippen LogP contribution in [0, 0.1) is 0 Å². The van der Waals surface area contributed by atoms with E-state index in [2.05, 4.69) is 15.5 Å². The molecule has 0 saturated heterocycles. The third-order valence-corrected chi connectivity index (χ3v) is 5.46. The predicted octanol–water partition coefficient (Wildman–Crippen LogP) is 3.30. The SMILES string of the molecule is Br[P+](Oc1ccccc1)(Oc1ccccc1)Oc1ccccc1.[Br-]. The van der Waals surface area contributed by atoms with Crippen LogP contribution in [-0.2, 0) is 0 Å². The molecule has 0 aliphatic rings. The molecule has 0 aliphatic heterocycles. The van der Waals surface area contributed by atoms with Gasteiger partial charge in [-0.3, -0.25) is 13.6 Å². The van der Waals surface area contributed by atoms with Gasteiger partial charge in [0.05, 0.1) is 0 Å². The second kappa shape index (κ2) is 9.07. The van der Waals surface area contributed by atoms with Gasteiger partial charge in [-0.2, -0.15) is 0 Å². The molecule has 0 aromatic heterocycles. The highest BCUT2D eigenvalue weighted by molar-refractivity contribution is 9.40. The smallest absolute Gasteiger partial charge is 0.620 e. The number of para-hydroxylation sites is 3. The molecule has 124 valence electrons. The molecule has 3 rings (SSSR count). The van der Waals surface area contributed by atoms with Crippen molar-refractivity contribution >= 4 is 22.1 Å². The molecule has 0 saturated carbocycles. The average molecular weight is 470 g/mol. The van der Waals surface area contributed by atoms with E-state index in [1.54, 1.807) is 0 Å². The van der Waals surface area contributed by atoms with Crippen molar-refractivity contribution in [2.75, 3.05) is 0 Å². The number of rotatable bonds is 6. The largest absolute Gasteiger partial charge is 1.00 e. The molecule has 0 atom stereocenters. The Balaban J connectivity index is 0.00000208. The molecule has 0 aliphatic carbocycles. The Hall–Kier alpha value is -1.55. The molecule has 0 amide bonds. The molecule has 24 heavy (non-hydrogen) atoms. The molecule has 0 bridgehead atoms. The van der Waals surface area contributed by atoms with Gasteiger partial charge in [-0.1, -0.05) is 54.6 Å². The lowest BCUT2D eigenvalue weighted by molar-refractivity contribution is -0.00000699. The molecule has 0 unspecified atom stereocenters. The summed E-state index contributed by atoms with van der Waals surface area (Å²) in [5.41, 5.74) is 0. The Labute approximate surface area is 160 Å². The van der Waals surface area contributed by atoms with Crippen LogP contribution in [0.2, 0.25) is 0 Å². The van der Waals surface area contributed by atoms with Gasteiger partial charge in [-0.15, -0.1) is 0 Å². The Bertz CT molecular complexity index is 626. The summed E-state index contributed by atoms with van der Waals surface area (Å²) in [7, 11) is 0. The van der Waals surface area contributed by atoms with Crippen molar-refractivity contribution in [3.8, 4) is 17.2 Å². The van der Waals surface area contributed by atoms with Gasteiger partial charge >= 0.3 is 6.65 Å². The first-order chi connectivity index (χ1) is 11.2. The maximum atomic E-state index is 5.99. The Morgan fingerprint density at radius 3 is 1.00 bits per heavy atom. The van der Waals surface area contributed by atoms with Crippen LogP contribution in [-0.4, -0.2) is 0 Å². The first kappa shape index (κ1) is 18.8. The molecule has 0 radical (unpaired) electrons. The molecule has 0 fully saturated rings. The highest BCUT2D eigenvalue weighted by Crippen LogP contribution is 2.66. The Morgan fingerprint density at radius 2 is 0.750 bits per heavy atom. The number of hydrogen-bond acceptors (Lipinski definition) is 3. The lowest BCUT2D eigenvalue weighted by Gasteiger charge is -2.16. The van der Waals surface area contributed by atoms with Crippen molar-refractivity contribution in [3.05, 3.63) is 91.0 Å².